The van der Waals surface area contributed by atoms with Crippen LogP contribution in [0.15, 0.2) is 24.3 Å². The molecule has 0 aliphatic heterocycles. The van der Waals surface area contributed by atoms with Crippen molar-refractivity contribution in [2.24, 2.45) is 5.41 Å². The summed E-state index contributed by atoms with van der Waals surface area (Å²) in [6.45, 7) is 5.47. The summed E-state index contributed by atoms with van der Waals surface area (Å²) in [5.41, 5.74) is 0.837. The highest BCUT2D eigenvalue weighted by molar-refractivity contribution is 5.97. The Balaban J connectivity index is 1.81. The first-order valence-electron chi connectivity index (χ1n) is 8.00. The lowest BCUT2D eigenvalue weighted by atomic mass is 9.95. The van der Waals surface area contributed by atoms with Gasteiger partial charge in [-0.05, 0) is 31.0 Å². The van der Waals surface area contributed by atoms with E-state index in [1.54, 1.807) is 24.3 Å². The van der Waals surface area contributed by atoms with Crippen molar-refractivity contribution in [2.45, 2.75) is 39.7 Å². The van der Waals surface area contributed by atoms with Crippen molar-refractivity contribution in [2.75, 3.05) is 17.2 Å². The summed E-state index contributed by atoms with van der Waals surface area (Å²) >= 11 is 0. The van der Waals surface area contributed by atoms with E-state index in [4.69, 9.17) is 0 Å². The first-order chi connectivity index (χ1) is 11.2. The predicted molar refractivity (Wildman–Crippen MR) is 92.7 cm³/mol. The van der Waals surface area contributed by atoms with E-state index in [0.717, 1.165) is 12.8 Å². The van der Waals surface area contributed by atoms with Gasteiger partial charge in [-0.1, -0.05) is 26.8 Å². The van der Waals surface area contributed by atoms with E-state index in [0.29, 0.717) is 11.4 Å². The van der Waals surface area contributed by atoms with Crippen molar-refractivity contribution >= 4 is 29.2 Å². The Bertz CT molecular complexity index is 633. The van der Waals surface area contributed by atoms with Gasteiger partial charge in [0.25, 0.3) is 0 Å². The van der Waals surface area contributed by atoms with E-state index < -0.39 is 17.4 Å². The lowest BCUT2D eigenvalue weighted by molar-refractivity contribution is -0.123. The fourth-order valence-corrected chi connectivity index (χ4v) is 1.83. The van der Waals surface area contributed by atoms with Crippen LogP contribution in [0.4, 0.5) is 16.2 Å². The molecule has 7 nitrogen and oxygen atoms in total. The quantitative estimate of drug-likeness (QED) is 0.663. The molecule has 1 aliphatic rings. The molecule has 0 saturated heterocycles. The number of imide groups is 1. The average molecular weight is 332 g/mol. The third-order valence-corrected chi connectivity index (χ3v) is 3.42. The number of carbonyl (C=O) groups is 3. The fraction of sp³-hybridized carbons (Fsp3) is 0.471. The fourth-order valence-electron chi connectivity index (χ4n) is 1.83. The zero-order valence-corrected chi connectivity index (χ0v) is 14.2. The molecule has 1 fully saturated rings. The van der Waals surface area contributed by atoms with Crippen molar-refractivity contribution < 1.29 is 14.4 Å². The van der Waals surface area contributed by atoms with Gasteiger partial charge in [0, 0.05) is 22.8 Å². The third kappa shape index (κ3) is 5.91. The Labute approximate surface area is 141 Å². The minimum Gasteiger partial charge on any atom is -0.376 e. The van der Waals surface area contributed by atoms with Gasteiger partial charge in [-0.25, -0.2) is 4.79 Å². The number of hydrogen-bond donors (Lipinski definition) is 4. The second-order valence-electron chi connectivity index (χ2n) is 6.93. The van der Waals surface area contributed by atoms with Crippen molar-refractivity contribution in [3.63, 3.8) is 0 Å². The molecule has 4 amide bonds. The van der Waals surface area contributed by atoms with Gasteiger partial charge in [0.1, 0.15) is 0 Å². The van der Waals surface area contributed by atoms with Gasteiger partial charge in [-0.2, -0.15) is 0 Å². The van der Waals surface area contributed by atoms with Gasteiger partial charge in [-0.3, -0.25) is 14.9 Å². The Kier molecular flexibility index (Phi) is 5.43. The van der Waals surface area contributed by atoms with Crippen LogP contribution in [-0.4, -0.2) is 30.4 Å². The van der Waals surface area contributed by atoms with Gasteiger partial charge >= 0.3 is 6.03 Å². The zero-order chi connectivity index (χ0) is 17.7. The molecular weight excluding hydrogens is 308 g/mol. The summed E-state index contributed by atoms with van der Waals surface area (Å²) in [6.07, 6.45) is 1.93. The summed E-state index contributed by atoms with van der Waals surface area (Å²) in [6, 6.07) is 6.81. The Morgan fingerprint density at radius 2 is 1.79 bits per heavy atom. The molecule has 7 heteroatoms. The normalized spacial score (nSPS) is 13.8. The second-order valence-corrected chi connectivity index (χ2v) is 6.93. The van der Waals surface area contributed by atoms with Crippen LogP contribution in [0, 0.1) is 5.41 Å². The molecule has 1 saturated carbocycles. The monoisotopic (exact) mass is 332 g/mol. The minimum absolute atomic E-state index is 0.0330. The van der Waals surface area contributed by atoms with E-state index in [2.05, 4.69) is 21.3 Å². The molecule has 0 aromatic heterocycles. The molecule has 0 radical (unpaired) electrons. The van der Waals surface area contributed by atoms with Crippen LogP contribution in [0.1, 0.15) is 33.6 Å². The van der Waals surface area contributed by atoms with E-state index in [9.17, 15) is 14.4 Å². The van der Waals surface area contributed by atoms with Crippen LogP contribution >= 0.6 is 0 Å². The first-order valence-corrected chi connectivity index (χ1v) is 8.00. The third-order valence-electron chi connectivity index (χ3n) is 3.42. The van der Waals surface area contributed by atoms with E-state index in [-0.39, 0.29) is 18.5 Å². The van der Waals surface area contributed by atoms with Gasteiger partial charge in [0.05, 0.1) is 6.54 Å². The Hall–Kier alpha value is -2.57. The number of carbonyl (C=O) groups excluding carboxylic acids is 3. The molecule has 4 N–H and O–H groups in total. The SMILES string of the molecule is CC(C)(C)C(=O)Nc1cccc(NCC(=O)NC(=O)NC2CC2)c1. The number of urea groups is 1. The van der Waals surface area contributed by atoms with Crippen LogP contribution in [0.3, 0.4) is 0 Å². The van der Waals surface area contributed by atoms with Gasteiger partial charge in [0.2, 0.25) is 11.8 Å². The van der Waals surface area contributed by atoms with Gasteiger partial charge < -0.3 is 16.0 Å². The minimum atomic E-state index is -0.488. The summed E-state index contributed by atoms with van der Waals surface area (Å²) in [5, 5.41) is 10.7. The molecule has 130 valence electrons. The molecule has 1 aromatic rings. The molecule has 1 aliphatic carbocycles. The molecule has 0 heterocycles. The summed E-state index contributed by atoms with van der Waals surface area (Å²) in [4.78, 5) is 35.2. The lowest BCUT2D eigenvalue weighted by Gasteiger charge is -2.18. The highest BCUT2D eigenvalue weighted by Gasteiger charge is 2.24. The predicted octanol–water partition coefficient (Wildman–Crippen LogP) is 2.07. The maximum atomic E-state index is 12.0. The highest BCUT2D eigenvalue weighted by atomic mass is 16.2. The Morgan fingerprint density at radius 1 is 1.12 bits per heavy atom. The summed E-state index contributed by atoms with van der Waals surface area (Å²) in [5.74, 6) is -0.508. The van der Waals surface area contributed by atoms with Crippen LogP contribution in [0.25, 0.3) is 0 Å². The number of rotatable bonds is 5. The van der Waals surface area contributed by atoms with Gasteiger partial charge in [0.15, 0.2) is 0 Å². The van der Waals surface area contributed by atoms with Gasteiger partial charge in [-0.15, -0.1) is 0 Å². The first kappa shape index (κ1) is 17.8. The highest BCUT2D eigenvalue weighted by Crippen LogP contribution is 2.20. The number of anilines is 2. The standard InChI is InChI=1S/C17H24N4O3/c1-17(2,3)15(23)19-13-6-4-5-12(9-13)18-10-14(22)21-16(24)20-11-7-8-11/h4-6,9,11,18H,7-8,10H2,1-3H3,(H,19,23)(H2,20,21,22,24). The molecule has 0 unspecified atom stereocenters. The molecule has 2 rings (SSSR count). The largest absolute Gasteiger partial charge is 0.376 e. The van der Waals surface area contributed by atoms with Crippen molar-refractivity contribution in [3.05, 3.63) is 24.3 Å². The molecule has 0 atom stereocenters. The molecule has 0 bridgehead atoms. The van der Waals surface area contributed by atoms with Crippen LogP contribution < -0.4 is 21.3 Å². The lowest BCUT2D eigenvalue weighted by Crippen LogP contribution is -2.42. The topological polar surface area (TPSA) is 99.3 Å². The van der Waals surface area contributed by atoms with Crippen LogP contribution in [0.5, 0.6) is 0 Å². The maximum absolute atomic E-state index is 12.0. The molecular formula is C17H24N4O3. The van der Waals surface area contributed by atoms with Crippen molar-refractivity contribution in [3.8, 4) is 0 Å². The second kappa shape index (κ2) is 7.33. The maximum Gasteiger partial charge on any atom is 0.321 e. The van der Waals surface area contributed by atoms with Crippen molar-refractivity contribution in [1.29, 1.82) is 0 Å². The molecule has 24 heavy (non-hydrogen) atoms. The summed E-state index contributed by atoms with van der Waals surface area (Å²) in [7, 11) is 0. The Morgan fingerprint density at radius 3 is 2.42 bits per heavy atom. The smallest absolute Gasteiger partial charge is 0.321 e. The van der Waals surface area contributed by atoms with Crippen molar-refractivity contribution in [1.82, 2.24) is 10.6 Å². The number of amides is 4. The zero-order valence-electron chi connectivity index (χ0n) is 14.2. The number of nitrogens with one attached hydrogen (secondary N) is 4. The number of hydrogen-bond acceptors (Lipinski definition) is 4. The van der Waals surface area contributed by atoms with Crippen LogP contribution in [0.2, 0.25) is 0 Å². The molecule has 0 spiro atoms. The van der Waals surface area contributed by atoms with Crippen LogP contribution in [-0.2, 0) is 9.59 Å². The molecule has 1 aromatic carbocycles. The average Bonchev–Trinajstić information content (AvgIpc) is 3.28. The number of benzene rings is 1. The summed E-state index contributed by atoms with van der Waals surface area (Å²) < 4.78 is 0. The van der Waals surface area contributed by atoms with E-state index in [1.165, 1.54) is 0 Å². The van der Waals surface area contributed by atoms with E-state index >= 15 is 0 Å². The van der Waals surface area contributed by atoms with E-state index in [1.807, 2.05) is 20.8 Å².